The van der Waals surface area contributed by atoms with Gasteiger partial charge in [-0.3, -0.25) is 0 Å². The number of hydrogen-bond donors (Lipinski definition) is 1. The number of ether oxygens (including phenoxy) is 1. The van der Waals surface area contributed by atoms with Gasteiger partial charge in [-0.1, -0.05) is 19.1 Å². The van der Waals surface area contributed by atoms with Crippen molar-refractivity contribution >= 4 is 0 Å². The Morgan fingerprint density at radius 1 is 1.29 bits per heavy atom. The molecule has 0 aromatic heterocycles. The summed E-state index contributed by atoms with van der Waals surface area (Å²) >= 11 is 0. The summed E-state index contributed by atoms with van der Waals surface area (Å²) in [5.41, 5.74) is 1.90. The van der Waals surface area contributed by atoms with E-state index in [9.17, 15) is 0 Å². The van der Waals surface area contributed by atoms with E-state index < -0.39 is 0 Å². The average molecular weight is 232 g/mol. The molecule has 0 heterocycles. The molecule has 0 fully saturated rings. The standard InChI is InChI=1S/C14H20N2O/c1-11(10-17-3)9-16-12(2)14-6-4-13(8-15)5-7-14/h4-7,11-12,16H,9-10H2,1-3H3. The summed E-state index contributed by atoms with van der Waals surface area (Å²) in [5, 5.41) is 12.2. The second-order valence-electron chi connectivity index (χ2n) is 4.42. The highest BCUT2D eigenvalue weighted by Crippen LogP contribution is 2.13. The average Bonchev–Trinajstić information content (AvgIpc) is 2.36. The van der Waals surface area contributed by atoms with Crippen LogP contribution >= 0.6 is 0 Å². The highest BCUT2D eigenvalue weighted by molar-refractivity contribution is 5.32. The summed E-state index contributed by atoms with van der Waals surface area (Å²) in [6, 6.07) is 10.1. The minimum atomic E-state index is 0.294. The summed E-state index contributed by atoms with van der Waals surface area (Å²) in [6.07, 6.45) is 0. The first kappa shape index (κ1) is 13.7. The van der Waals surface area contributed by atoms with E-state index in [2.05, 4.69) is 25.2 Å². The van der Waals surface area contributed by atoms with Gasteiger partial charge >= 0.3 is 0 Å². The van der Waals surface area contributed by atoms with Crippen molar-refractivity contribution in [3.05, 3.63) is 35.4 Å². The molecule has 0 radical (unpaired) electrons. The monoisotopic (exact) mass is 232 g/mol. The Bertz CT molecular complexity index is 367. The first-order valence-corrected chi connectivity index (χ1v) is 5.89. The van der Waals surface area contributed by atoms with E-state index in [0.29, 0.717) is 17.5 Å². The fourth-order valence-corrected chi connectivity index (χ4v) is 1.69. The maximum absolute atomic E-state index is 8.72. The lowest BCUT2D eigenvalue weighted by molar-refractivity contribution is 0.157. The van der Waals surface area contributed by atoms with Gasteiger partial charge in [0.05, 0.1) is 11.6 Å². The zero-order valence-electron chi connectivity index (χ0n) is 10.7. The number of nitriles is 1. The lowest BCUT2D eigenvalue weighted by Gasteiger charge is -2.17. The molecule has 0 amide bonds. The van der Waals surface area contributed by atoms with Crippen LogP contribution in [0.1, 0.15) is 31.0 Å². The zero-order valence-corrected chi connectivity index (χ0v) is 10.7. The molecule has 1 aromatic rings. The van der Waals surface area contributed by atoms with E-state index in [1.807, 2.05) is 24.3 Å². The summed E-state index contributed by atoms with van der Waals surface area (Å²) in [7, 11) is 1.72. The quantitative estimate of drug-likeness (QED) is 0.819. The van der Waals surface area contributed by atoms with Gasteiger partial charge in [-0.2, -0.15) is 5.26 Å². The largest absolute Gasteiger partial charge is 0.384 e. The predicted molar refractivity (Wildman–Crippen MR) is 68.6 cm³/mol. The molecule has 3 nitrogen and oxygen atoms in total. The third-order valence-electron chi connectivity index (χ3n) is 2.76. The summed E-state index contributed by atoms with van der Waals surface area (Å²) < 4.78 is 5.10. The molecular formula is C14H20N2O. The minimum Gasteiger partial charge on any atom is -0.384 e. The van der Waals surface area contributed by atoms with E-state index in [4.69, 9.17) is 10.00 Å². The minimum absolute atomic E-state index is 0.294. The number of hydrogen-bond acceptors (Lipinski definition) is 3. The Morgan fingerprint density at radius 3 is 2.47 bits per heavy atom. The molecule has 2 atom stereocenters. The number of nitrogens with zero attached hydrogens (tertiary/aromatic N) is 1. The third-order valence-corrected chi connectivity index (χ3v) is 2.76. The summed E-state index contributed by atoms with van der Waals surface area (Å²) in [4.78, 5) is 0. The van der Waals surface area contributed by atoms with E-state index in [0.717, 1.165) is 13.2 Å². The van der Waals surface area contributed by atoms with Crippen LogP contribution in [-0.2, 0) is 4.74 Å². The van der Waals surface area contributed by atoms with E-state index in [1.54, 1.807) is 7.11 Å². The molecule has 0 saturated carbocycles. The molecule has 1 N–H and O–H groups in total. The Hall–Kier alpha value is -1.37. The number of rotatable bonds is 6. The smallest absolute Gasteiger partial charge is 0.0991 e. The highest BCUT2D eigenvalue weighted by Gasteiger charge is 2.07. The van der Waals surface area contributed by atoms with Crippen LogP contribution in [0.25, 0.3) is 0 Å². The van der Waals surface area contributed by atoms with Crippen LogP contribution in [0, 0.1) is 17.2 Å². The van der Waals surface area contributed by atoms with Gasteiger partial charge in [0.15, 0.2) is 0 Å². The molecule has 17 heavy (non-hydrogen) atoms. The van der Waals surface area contributed by atoms with Gasteiger partial charge in [0.1, 0.15) is 0 Å². The molecule has 3 heteroatoms. The third kappa shape index (κ3) is 4.56. The van der Waals surface area contributed by atoms with E-state index in [1.165, 1.54) is 5.56 Å². The van der Waals surface area contributed by atoms with Gasteiger partial charge in [0, 0.05) is 26.3 Å². The molecule has 92 valence electrons. The van der Waals surface area contributed by atoms with Crippen LogP contribution in [-0.4, -0.2) is 20.3 Å². The van der Waals surface area contributed by atoms with Crippen molar-refractivity contribution in [2.24, 2.45) is 5.92 Å². The SMILES string of the molecule is COCC(C)CNC(C)c1ccc(C#N)cc1. The van der Waals surface area contributed by atoms with Crippen LogP contribution in [0.5, 0.6) is 0 Å². The molecule has 2 unspecified atom stereocenters. The van der Waals surface area contributed by atoms with Crippen molar-refractivity contribution in [2.75, 3.05) is 20.3 Å². The molecule has 0 bridgehead atoms. The Kier molecular flexibility index (Phi) is 5.68. The van der Waals surface area contributed by atoms with Gasteiger partial charge in [0.2, 0.25) is 0 Å². The van der Waals surface area contributed by atoms with Crippen LogP contribution in [0.15, 0.2) is 24.3 Å². The van der Waals surface area contributed by atoms with Crippen LogP contribution in [0.2, 0.25) is 0 Å². The Balaban J connectivity index is 2.46. The first-order valence-electron chi connectivity index (χ1n) is 5.89. The van der Waals surface area contributed by atoms with Crippen molar-refractivity contribution in [1.29, 1.82) is 5.26 Å². The predicted octanol–water partition coefficient (Wildman–Crippen LogP) is 2.49. The van der Waals surface area contributed by atoms with Crippen molar-refractivity contribution in [3.63, 3.8) is 0 Å². The second kappa shape index (κ2) is 7.05. The molecular weight excluding hydrogens is 212 g/mol. The highest BCUT2D eigenvalue weighted by atomic mass is 16.5. The second-order valence-corrected chi connectivity index (χ2v) is 4.42. The van der Waals surface area contributed by atoms with Crippen molar-refractivity contribution in [3.8, 4) is 6.07 Å². The maximum atomic E-state index is 8.72. The molecule has 0 aliphatic rings. The van der Waals surface area contributed by atoms with Crippen LogP contribution in [0.3, 0.4) is 0 Å². The van der Waals surface area contributed by atoms with Gasteiger partial charge < -0.3 is 10.1 Å². The molecule has 0 aliphatic carbocycles. The van der Waals surface area contributed by atoms with Crippen LogP contribution in [0.4, 0.5) is 0 Å². The number of nitrogens with one attached hydrogen (secondary N) is 1. The summed E-state index contributed by atoms with van der Waals surface area (Å²) in [5.74, 6) is 0.501. The summed E-state index contributed by atoms with van der Waals surface area (Å²) in [6.45, 7) is 5.98. The van der Waals surface area contributed by atoms with Crippen molar-refractivity contribution in [1.82, 2.24) is 5.32 Å². The lowest BCUT2D eigenvalue weighted by Crippen LogP contribution is -2.26. The zero-order chi connectivity index (χ0) is 12.7. The van der Waals surface area contributed by atoms with Crippen molar-refractivity contribution < 1.29 is 4.74 Å². The maximum Gasteiger partial charge on any atom is 0.0991 e. The van der Waals surface area contributed by atoms with E-state index in [-0.39, 0.29) is 0 Å². The molecule has 1 rings (SSSR count). The molecule has 0 aliphatic heterocycles. The first-order chi connectivity index (χ1) is 8.17. The number of methoxy groups -OCH3 is 1. The fourth-order valence-electron chi connectivity index (χ4n) is 1.69. The Labute approximate surface area is 103 Å². The van der Waals surface area contributed by atoms with Gasteiger partial charge in [0.25, 0.3) is 0 Å². The molecule has 0 spiro atoms. The molecule has 0 saturated heterocycles. The molecule has 1 aromatic carbocycles. The topological polar surface area (TPSA) is 45.0 Å². The fraction of sp³-hybridized carbons (Fsp3) is 0.500. The van der Waals surface area contributed by atoms with Gasteiger partial charge in [-0.05, 0) is 30.5 Å². The number of benzene rings is 1. The Morgan fingerprint density at radius 2 is 1.94 bits per heavy atom. The van der Waals surface area contributed by atoms with Gasteiger partial charge in [-0.15, -0.1) is 0 Å². The van der Waals surface area contributed by atoms with Crippen molar-refractivity contribution in [2.45, 2.75) is 19.9 Å². The normalized spacial score (nSPS) is 14.0. The van der Waals surface area contributed by atoms with Crippen LogP contribution < -0.4 is 5.32 Å². The lowest BCUT2D eigenvalue weighted by atomic mass is 10.1. The van der Waals surface area contributed by atoms with Gasteiger partial charge in [-0.25, -0.2) is 0 Å². The van der Waals surface area contributed by atoms with E-state index >= 15 is 0 Å².